The van der Waals surface area contributed by atoms with Gasteiger partial charge >= 0.3 is 0 Å². The SMILES string of the molecule is CNC(CC1CCC1)c1cscc1Br. The molecular weight excluding hydrogens is 258 g/mol. The van der Waals surface area contributed by atoms with E-state index < -0.39 is 0 Å². The van der Waals surface area contributed by atoms with Gasteiger partial charge in [0.1, 0.15) is 0 Å². The van der Waals surface area contributed by atoms with Crippen LogP contribution in [-0.4, -0.2) is 7.05 Å². The van der Waals surface area contributed by atoms with Crippen molar-refractivity contribution in [2.45, 2.75) is 31.7 Å². The second-order valence-corrected chi connectivity index (χ2v) is 5.65. The molecule has 0 saturated heterocycles. The molecule has 0 aromatic carbocycles. The zero-order chi connectivity index (χ0) is 9.97. The molecule has 1 fully saturated rings. The molecular formula is C11H16BrNS. The molecule has 1 aromatic rings. The van der Waals surface area contributed by atoms with Crippen LogP contribution in [0.25, 0.3) is 0 Å². The highest BCUT2D eigenvalue weighted by Crippen LogP contribution is 2.37. The van der Waals surface area contributed by atoms with E-state index in [0.717, 1.165) is 5.92 Å². The number of thiophene rings is 1. The van der Waals surface area contributed by atoms with E-state index in [-0.39, 0.29) is 0 Å². The third-order valence-electron chi connectivity index (χ3n) is 3.16. The summed E-state index contributed by atoms with van der Waals surface area (Å²) >= 11 is 5.38. The van der Waals surface area contributed by atoms with Gasteiger partial charge in [0.2, 0.25) is 0 Å². The van der Waals surface area contributed by atoms with Crippen molar-refractivity contribution >= 4 is 27.3 Å². The number of rotatable bonds is 4. The summed E-state index contributed by atoms with van der Waals surface area (Å²) < 4.78 is 1.26. The Kier molecular flexibility index (Phi) is 3.63. The van der Waals surface area contributed by atoms with Gasteiger partial charge in [-0.15, -0.1) is 0 Å². The Bertz CT molecular complexity index is 293. The van der Waals surface area contributed by atoms with Crippen molar-refractivity contribution in [3.05, 3.63) is 20.8 Å². The first-order valence-electron chi connectivity index (χ1n) is 5.20. The van der Waals surface area contributed by atoms with Crippen molar-refractivity contribution in [3.63, 3.8) is 0 Å². The molecule has 3 heteroatoms. The molecule has 1 aliphatic carbocycles. The Balaban J connectivity index is 2.01. The van der Waals surface area contributed by atoms with Gasteiger partial charge in [0.05, 0.1) is 0 Å². The largest absolute Gasteiger partial charge is 0.313 e. The molecule has 14 heavy (non-hydrogen) atoms. The van der Waals surface area contributed by atoms with Crippen molar-refractivity contribution in [1.82, 2.24) is 5.32 Å². The van der Waals surface area contributed by atoms with E-state index in [1.807, 2.05) is 0 Å². The summed E-state index contributed by atoms with van der Waals surface area (Å²) in [7, 11) is 2.06. The molecule has 1 nitrogen and oxygen atoms in total. The van der Waals surface area contributed by atoms with Crippen LogP contribution in [0.1, 0.15) is 37.3 Å². The molecule has 0 spiro atoms. The van der Waals surface area contributed by atoms with Gasteiger partial charge in [-0.1, -0.05) is 19.3 Å². The fourth-order valence-corrected chi connectivity index (χ4v) is 3.63. The lowest BCUT2D eigenvalue weighted by Crippen LogP contribution is -2.23. The Morgan fingerprint density at radius 3 is 2.79 bits per heavy atom. The van der Waals surface area contributed by atoms with E-state index >= 15 is 0 Å². The Morgan fingerprint density at radius 1 is 1.57 bits per heavy atom. The molecule has 1 aliphatic rings. The van der Waals surface area contributed by atoms with Crippen LogP contribution in [0.5, 0.6) is 0 Å². The van der Waals surface area contributed by atoms with Gasteiger partial charge in [0, 0.05) is 15.9 Å². The van der Waals surface area contributed by atoms with E-state index in [4.69, 9.17) is 0 Å². The zero-order valence-electron chi connectivity index (χ0n) is 8.42. The van der Waals surface area contributed by atoms with Crippen LogP contribution in [0.4, 0.5) is 0 Å². The molecule has 0 radical (unpaired) electrons. The monoisotopic (exact) mass is 273 g/mol. The van der Waals surface area contributed by atoms with Crippen molar-refractivity contribution in [1.29, 1.82) is 0 Å². The summed E-state index contributed by atoms with van der Waals surface area (Å²) in [5, 5.41) is 7.84. The summed E-state index contributed by atoms with van der Waals surface area (Å²) in [6.45, 7) is 0. The second-order valence-electron chi connectivity index (χ2n) is 4.05. The van der Waals surface area contributed by atoms with Crippen molar-refractivity contribution < 1.29 is 0 Å². The van der Waals surface area contributed by atoms with Crippen LogP contribution in [0.3, 0.4) is 0 Å². The van der Waals surface area contributed by atoms with E-state index in [9.17, 15) is 0 Å². The van der Waals surface area contributed by atoms with Crippen molar-refractivity contribution in [2.24, 2.45) is 5.92 Å². The smallest absolute Gasteiger partial charge is 0.0339 e. The highest BCUT2D eigenvalue weighted by atomic mass is 79.9. The minimum atomic E-state index is 0.543. The molecule has 78 valence electrons. The molecule has 1 unspecified atom stereocenters. The van der Waals surface area contributed by atoms with Gasteiger partial charge in [-0.3, -0.25) is 0 Å². The molecule has 0 aliphatic heterocycles. The highest BCUT2D eigenvalue weighted by molar-refractivity contribution is 9.10. The topological polar surface area (TPSA) is 12.0 Å². The standard InChI is InChI=1S/C11H16BrNS/c1-13-11(5-8-3-2-4-8)9-6-14-7-10(9)12/h6-8,11,13H,2-5H2,1H3. The van der Waals surface area contributed by atoms with E-state index in [1.54, 1.807) is 11.3 Å². The predicted molar refractivity (Wildman–Crippen MR) is 65.8 cm³/mol. The average molecular weight is 274 g/mol. The normalized spacial score (nSPS) is 19.3. The van der Waals surface area contributed by atoms with Crippen LogP contribution in [0.2, 0.25) is 0 Å². The Labute approximate surface area is 98.0 Å². The third-order valence-corrected chi connectivity index (χ3v) is 4.91. The fraction of sp³-hybridized carbons (Fsp3) is 0.636. The van der Waals surface area contributed by atoms with Gasteiger partial charge in [-0.25, -0.2) is 0 Å². The maximum atomic E-state index is 3.61. The minimum absolute atomic E-state index is 0.543. The molecule has 1 heterocycles. The number of nitrogens with one attached hydrogen (secondary N) is 1. The molecule has 2 rings (SSSR count). The first kappa shape index (κ1) is 10.7. The number of hydrogen-bond acceptors (Lipinski definition) is 2. The molecule has 1 atom stereocenters. The van der Waals surface area contributed by atoms with Gasteiger partial charge in [-0.2, -0.15) is 11.3 Å². The number of halogens is 1. The summed E-state index contributed by atoms with van der Waals surface area (Å²) in [4.78, 5) is 0. The lowest BCUT2D eigenvalue weighted by Gasteiger charge is -2.29. The molecule has 1 saturated carbocycles. The van der Waals surface area contributed by atoms with Crippen LogP contribution in [0, 0.1) is 5.92 Å². The number of hydrogen-bond donors (Lipinski definition) is 1. The first-order chi connectivity index (χ1) is 6.81. The van der Waals surface area contributed by atoms with Crippen molar-refractivity contribution in [2.75, 3.05) is 7.05 Å². The molecule has 0 amide bonds. The van der Waals surface area contributed by atoms with E-state index in [1.165, 1.54) is 35.7 Å². The Hall–Kier alpha value is 0.140. The fourth-order valence-electron chi connectivity index (χ4n) is 2.00. The summed E-state index contributed by atoms with van der Waals surface area (Å²) in [5.74, 6) is 0.958. The van der Waals surface area contributed by atoms with Gasteiger partial charge in [-0.05, 0) is 46.3 Å². The zero-order valence-corrected chi connectivity index (χ0v) is 10.8. The molecule has 0 bridgehead atoms. The molecule has 1 N–H and O–H groups in total. The summed E-state index contributed by atoms with van der Waals surface area (Å²) in [6, 6.07) is 0.543. The van der Waals surface area contributed by atoms with Crippen LogP contribution in [-0.2, 0) is 0 Å². The van der Waals surface area contributed by atoms with Gasteiger partial charge in [0.15, 0.2) is 0 Å². The first-order valence-corrected chi connectivity index (χ1v) is 6.93. The van der Waals surface area contributed by atoms with Crippen LogP contribution < -0.4 is 5.32 Å². The lowest BCUT2D eigenvalue weighted by molar-refractivity contribution is 0.265. The van der Waals surface area contributed by atoms with E-state index in [0.29, 0.717) is 6.04 Å². The second kappa shape index (κ2) is 4.77. The lowest BCUT2D eigenvalue weighted by atomic mass is 9.80. The average Bonchev–Trinajstić information content (AvgIpc) is 2.51. The molecule has 1 aromatic heterocycles. The maximum absolute atomic E-state index is 3.61. The van der Waals surface area contributed by atoms with Crippen LogP contribution in [0.15, 0.2) is 15.2 Å². The van der Waals surface area contributed by atoms with Crippen LogP contribution >= 0.6 is 27.3 Å². The summed E-state index contributed by atoms with van der Waals surface area (Å²) in [5.41, 5.74) is 1.43. The van der Waals surface area contributed by atoms with Gasteiger partial charge < -0.3 is 5.32 Å². The summed E-state index contributed by atoms with van der Waals surface area (Å²) in [6.07, 6.45) is 5.59. The van der Waals surface area contributed by atoms with Gasteiger partial charge in [0.25, 0.3) is 0 Å². The quantitative estimate of drug-likeness (QED) is 0.876. The van der Waals surface area contributed by atoms with Crippen molar-refractivity contribution in [3.8, 4) is 0 Å². The Morgan fingerprint density at radius 2 is 2.36 bits per heavy atom. The van der Waals surface area contributed by atoms with E-state index in [2.05, 4.69) is 39.1 Å². The third kappa shape index (κ3) is 2.20. The highest BCUT2D eigenvalue weighted by Gasteiger charge is 2.23. The predicted octanol–water partition coefficient (Wildman–Crippen LogP) is 3.96. The maximum Gasteiger partial charge on any atom is 0.0339 e. The minimum Gasteiger partial charge on any atom is -0.313 e.